The molecule has 288 valence electrons. The third-order valence-electron chi connectivity index (χ3n) is 11.9. The van der Waals surface area contributed by atoms with Gasteiger partial charge in [0.05, 0.1) is 27.7 Å². The summed E-state index contributed by atoms with van der Waals surface area (Å²) in [5.41, 5.74) is 3.62. The summed E-state index contributed by atoms with van der Waals surface area (Å²) in [6.07, 6.45) is 0. The van der Waals surface area contributed by atoms with Crippen molar-refractivity contribution in [1.29, 1.82) is 0 Å². The number of aromatic nitrogens is 4. The highest BCUT2D eigenvalue weighted by molar-refractivity contribution is 7.25. The average molecular weight is 815 g/mol. The van der Waals surface area contributed by atoms with Crippen molar-refractivity contribution in [3.05, 3.63) is 206 Å². The van der Waals surface area contributed by atoms with E-state index in [1.54, 1.807) is 15.9 Å². The van der Waals surface area contributed by atoms with Crippen molar-refractivity contribution in [1.82, 2.24) is 19.5 Å². The Bertz CT molecular complexity index is 4300. The highest BCUT2D eigenvalue weighted by Gasteiger charge is 2.23. The molecule has 62 heavy (non-hydrogen) atoms. The van der Waals surface area contributed by atoms with Gasteiger partial charge in [-0.15, -0.1) is 11.3 Å². The zero-order valence-electron chi connectivity index (χ0n) is 40.7. The van der Waals surface area contributed by atoms with Crippen LogP contribution in [0, 0.1) is 0 Å². The lowest BCUT2D eigenvalue weighted by atomic mass is 9.91. The summed E-state index contributed by atoms with van der Waals surface area (Å²) in [6.45, 7) is 0. The fourth-order valence-corrected chi connectivity index (χ4v) is 10.3. The molecule has 3 heterocycles. The van der Waals surface area contributed by atoms with Gasteiger partial charge < -0.3 is 4.57 Å². The van der Waals surface area contributed by atoms with Crippen LogP contribution < -0.4 is 0 Å². The Morgan fingerprint density at radius 3 is 1.58 bits per heavy atom. The van der Waals surface area contributed by atoms with Gasteiger partial charge in [-0.25, -0.2) is 15.0 Å². The zero-order chi connectivity index (χ0) is 47.7. The van der Waals surface area contributed by atoms with Crippen LogP contribution >= 0.6 is 11.3 Å². The second kappa shape index (κ2) is 13.8. The molecule has 0 fully saturated rings. The molecule has 0 spiro atoms. The first-order chi connectivity index (χ1) is 34.1. The molecule has 0 saturated carbocycles. The van der Waals surface area contributed by atoms with E-state index in [9.17, 15) is 5.48 Å². The van der Waals surface area contributed by atoms with Gasteiger partial charge in [0.15, 0.2) is 17.5 Å². The number of para-hydroxylation sites is 3. The molecule has 3 aromatic heterocycles. The standard InChI is InChI=1S/C57H34N4S/c1-2-15-35(16-3-1)55-58-56(37-30-32-47-46-23-10-13-28-52(46)62-53(47)34-37)60-57(59-55)48-25-14-24-38(54(48)61-50-26-11-8-21-44(50)45-22-9-12-27-51(45)61)36-29-31-43-41-19-5-4-17-39(41)40-18-6-7-20-42(40)49(43)33-36/h1-34H/i8D,9D,11D,12D,21D,22D,26D,27D. The Morgan fingerprint density at radius 1 is 0.355 bits per heavy atom. The van der Waals surface area contributed by atoms with Gasteiger partial charge >= 0.3 is 0 Å². The quantitative estimate of drug-likeness (QED) is 0.163. The van der Waals surface area contributed by atoms with Gasteiger partial charge in [-0.3, -0.25) is 0 Å². The first-order valence-corrected chi connectivity index (χ1v) is 21.1. The molecule has 0 unspecified atom stereocenters. The minimum atomic E-state index is -0.517. The molecule has 4 nitrogen and oxygen atoms in total. The smallest absolute Gasteiger partial charge is 0.166 e. The summed E-state index contributed by atoms with van der Waals surface area (Å²) in [5.74, 6) is 1.03. The van der Waals surface area contributed by atoms with Crippen molar-refractivity contribution in [2.75, 3.05) is 0 Å². The fourth-order valence-electron chi connectivity index (χ4n) is 9.12. The van der Waals surface area contributed by atoms with E-state index in [4.69, 9.17) is 20.4 Å². The second-order valence-corrected chi connectivity index (χ2v) is 16.4. The molecule has 0 amide bonds. The molecule has 0 aliphatic carbocycles. The summed E-state index contributed by atoms with van der Waals surface area (Å²) in [6, 6.07) is 48.9. The first kappa shape index (κ1) is 27.7. The molecule has 0 N–H and O–H groups in total. The molecule has 10 aromatic carbocycles. The highest BCUT2D eigenvalue weighted by Crippen LogP contribution is 2.44. The molecule has 0 aliphatic heterocycles. The molecule has 0 radical (unpaired) electrons. The molecule has 13 aromatic rings. The van der Waals surface area contributed by atoms with E-state index in [1.807, 2.05) is 97.1 Å². The number of nitrogens with zero attached hydrogens (tertiary/aromatic N) is 4. The van der Waals surface area contributed by atoms with Crippen molar-refractivity contribution in [3.8, 4) is 51.0 Å². The summed E-state index contributed by atoms with van der Waals surface area (Å²) < 4.78 is 77.1. The van der Waals surface area contributed by atoms with Crippen LogP contribution in [0.25, 0.3) is 125 Å². The minimum absolute atomic E-state index is 0.00768. The molecule has 0 atom stereocenters. The van der Waals surface area contributed by atoms with Crippen LogP contribution in [0.15, 0.2) is 206 Å². The molecule has 0 saturated heterocycles. The lowest BCUT2D eigenvalue weighted by Crippen LogP contribution is -2.05. The molecular weight excluding hydrogens is 773 g/mol. The van der Waals surface area contributed by atoms with Gasteiger partial charge in [0, 0.05) is 53.2 Å². The van der Waals surface area contributed by atoms with Crippen LogP contribution in [-0.2, 0) is 0 Å². The van der Waals surface area contributed by atoms with Crippen LogP contribution in [0.2, 0.25) is 0 Å². The molecule has 5 heteroatoms. The Balaban J connectivity index is 1.19. The van der Waals surface area contributed by atoms with E-state index in [-0.39, 0.29) is 27.6 Å². The van der Waals surface area contributed by atoms with Crippen LogP contribution in [0.5, 0.6) is 0 Å². The second-order valence-electron chi connectivity index (χ2n) is 15.3. The molecule has 13 rings (SSSR count). The van der Waals surface area contributed by atoms with Crippen molar-refractivity contribution in [2.24, 2.45) is 0 Å². The fraction of sp³-hybridized carbons (Fsp3) is 0. The van der Waals surface area contributed by atoms with Gasteiger partial charge in [-0.05, 0) is 74.2 Å². The van der Waals surface area contributed by atoms with Crippen LogP contribution in [0.3, 0.4) is 0 Å². The van der Waals surface area contributed by atoms with Crippen LogP contribution in [0.1, 0.15) is 11.0 Å². The van der Waals surface area contributed by atoms with Gasteiger partial charge in [-0.1, -0.05) is 170 Å². The number of hydrogen-bond acceptors (Lipinski definition) is 4. The summed E-state index contributed by atoms with van der Waals surface area (Å²) in [4.78, 5) is 15.5. The maximum atomic E-state index is 9.55. The zero-order valence-corrected chi connectivity index (χ0v) is 33.5. The Hall–Kier alpha value is -7.99. The third kappa shape index (κ3) is 5.35. The normalized spacial score (nSPS) is 13.7. The predicted octanol–water partition coefficient (Wildman–Crippen LogP) is 15.5. The van der Waals surface area contributed by atoms with E-state index in [1.165, 1.54) is 0 Å². The number of thiophene rings is 1. The Kier molecular flexibility index (Phi) is 6.16. The van der Waals surface area contributed by atoms with Crippen molar-refractivity contribution < 1.29 is 11.0 Å². The summed E-state index contributed by atoms with van der Waals surface area (Å²) >= 11 is 1.69. The van der Waals surface area contributed by atoms with E-state index in [0.29, 0.717) is 28.5 Å². The largest absolute Gasteiger partial charge is 0.308 e. The predicted molar refractivity (Wildman–Crippen MR) is 261 cm³/mol. The monoisotopic (exact) mass is 814 g/mol. The lowest BCUT2D eigenvalue weighted by Gasteiger charge is -2.19. The Labute approximate surface area is 371 Å². The van der Waals surface area contributed by atoms with E-state index < -0.39 is 48.3 Å². The molecular formula is C57H34N4S. The van der Waals surface area contributed by atoms with E-state index in [2.05, 4.69) is 60.7 Å². The highest BCUT2D eigenvalue weighted by atomic mass is 32.1. The number of benzene rings is 10. The maximum absolute atomic E-state index is 9.55. The molecule has 0 bridgehead atoms. The van der Waals surface area contributed by atoms with E-state index in [0.717, 1.165) is 69.2 Å². The summed E-state index contributed by atoms with van der Waals surface area (Å²) in [5, 5.41) is 8.60. The van der Waals surface area contributed by atoms with Gasteiger partial charge in [0.2, 0.25) is 0 Å². The first-order valence-electron chi connectivity index (χ1n) is 24.3. The molecule has 0 aliphatic rings. The number of rotatable bonds is 5. The van der Waals surface area contributed by atoms with Gasteiger partial charge in [0.1, 0.15) is 0 Å². The minimum Gasteiger partial charge on any atom is -0.308 e. The van der Waals surface area contributed by atoms with Gasteiger partial charge in [-0.2, -0.15) is 0 Å². The van der Waals surface area contributed by atoms with Gasteiger partial charge in [0.25, 0.3) is 0 Å². The van der Waals surface area contributed by atoms with Crippen LogP contribution in [-0.4, -0.2) is 19.5 Å². The number of fused-ring (bicyclic) bond motifs is 12. The third-order valence-corrected chi connectivity index (χ3v) is 13.0. The van der Waals surface area contributed by atoms with Crippen molar-refractivity contribution in [3.63, 3.8) is 0 Å². The van der Waals surface area contributed by atoms with Crippen molar-refractivity contribution in [2.45, 2.75) is 0 Å². The average Bonchev–Trinajstić information content (AvgIpc) is 3.97. The van der Waals surface area contributed by atoms with Crippen molar-refractivity contribution >= 4 is 85.6 Å². The summed E-state index contributed by atoms with van der Waals surface area (Å²) in [7, 11) is 0. The lowest BCUT2D eigenvalue weighted by molar-refractivity contribution is 1.07. The maximum Gasteiger partial charge on any atom is 0.166 e. The Morgan fingerprint density at radius 2 is 0.871 bits per heavy atom. The number of hydrogen-bond donors (Lipinski definition) is 0. The SMILES string of the molecule is [2H]c1c([2H])c([2H])c2c(c1[2H])c1c([2H])c([2H])c([2H])c([2H])c1n2-c1c(-c2ccc3c4ccccc4c4ccccc4c3c2)cccc1-c1nc(-c2ccccc2)nc(-c2ccc3c(c2)sc2ccccc23)n1. The van der Waals surface area contributed by atoms with E-state index >= 15 is 0 Å². The topological polar surface area (TPSA) is 43.6 Å². The van der Waals surface area contributed by atoms with Crippen LogP contribution in [0.4, 0.5) is 0 Å².